The largest absolute Gasteiger partial charge is 0.416 e. The average Bonchev–Trinajstić information content (AvgIpc) is 3.39. The average molecular weight is 466 g/mol. The summed E-state index contributed by atoms with van der Waals surface area (Å²) in [5.41, 5.74) is -0.419. The summed E-state index contributed by atoms with van der Waals surface area (Å²) in [6.45, 7) is 8.14. The van der Waals surface area contributed by atoms with Crippen molar-refractivity contribution in [2.45, 2.75) is 70.3 Å². The number of fused-ring (bicyclic) bond motifs is 1. The predicted molar refractivity (Wildman–Crippen MR) is 118 cm³/mol. The van der Waals surface area contributed by atoms with Gasteiger partial charge in [0, 0.05) is 27.6 Å². The molecular formula is C23H26F3N3O2S. The highest BCUT2D eigenvalue weighted by Crippen LogP contribution is 2.45. The smallest absolute Gasteiger partial charge is 0.349 e. The lowest BCUT2D eigenvalue weighted by Gasteiger charge is -2.42. The summed E-state index contributed by atoms with van der Waals surface area (Å²) >= 11 is 1.30. The van der Waals surface area contributed by atoms with Crippen LogP contribution >= 0.6 is 11.3 Å². The lowest BCUT2D eigenvalue weighted by molar-refractivity contribution is -0.137. The van der Waals surface area contributed by atoms with Gasteiger partial charge in [0.2, 0.25) is 0 Å². The highest BCUT2D eigenvalue weighted by molar-refractivity contribution is 7.17. The first-order valence-corrected chi connectivity index (χ1v) is 11.3. The maximum Gasteiger partial charge on any atom is 0.416 e. The first-order chi connectivity index (χ1) is 14.8. The third-order valence-electron chi connectivity index (χ3n) is 5.66. The monoisotopic (exact) mass is 465 g/mol. The molecule has 32 heavy (non-hydrogen) atoms. The zero-order chi connectivity index (χ0) is 23.5. The molecule has 2 aliphatic rings. The van der Waals surface area contributed by atoms with E-state index in [1.54, 1.807) is 0 Å². The van der Waals surface area contributed by atoms with Crippen LogP contribution in [0.25, 0.3) is 0 Å². The Kier molecular flexibility index (Phi) is 5.40. The topological polar surface area (TPSA) is 70.2 Å². The molecule has 2 amide bonds. The van der Waals surface area contributed by atoms with Crippen molar-refractivity contribution in [3.05, 3.63) is 51.4 Å². The van der Waals surface area contributed by atoms with Gasteiger partial charge in [-0.1, -0.05) is 6.07 Å². The first-order valence-electron chi connectivity index (χ1n) is 10.5. The van der Waals surface area contributed by atoms with Crippen molar-refractivity contribution in [2.75, 3.05) is 5.32 Å². The van der Waals surface area contributed by atoms with Crippen LogP contribution < -0.4 is 16.0 Å². The standard InChI is InChI=1S/C23H26F3N3O2S/c1-21(2)11-15-16(19(31)27-14-8-9-14)20(32-17(15)22(3,4)29-21)28-18(30)12-6-5-7-13(10-12)23(24,25)26/h5-7,10,14,29H,8-9,11H2,1-4H3,(H,27,31)(H,28,30). The van der Waals surface area contributed by atoms with Gasteiger partial charge in [-0.05, 0) is 70.7 Å². The Bertz CT molecular complexity index is 1080. The van der Waals surface area contributed by atoms with Crippen LogP contribution in [0.5, 0.6) is 0 Å². The molecule has 1 aromatic carbocycles. The number of benzene rings is 1. The molecule has 1 aliphatic carbocycles. The Hall–Kier alpha value is -2.39. The van der Waals surface area contributed by atoms with Gasteiger partial charge in [0.15, 0.2) is 0 Å². The second kappa shape index (κ2) is 7.59. The summed E-state index contributed by atoms with van der Waals surface area (Å²) in [5.74, 6) is -0.932. The minimum atomic E-state index is -4.55. The van der Waals surface area contributed by atoms with E-state index in [0.717, 1.165) is 35.4 Å². The van der Waals surface area contributed by atoms with E-state index in [1.165, 1.54) is 23.5 Å². The van der Waals surface area contributed by atoms with Gasteiger partial charge in [-0.25, -0.2) is 0 Å². The summed E-state index contributed by atoms with van der Waals surface area (Å²) < 4.78 is 39.2. The number of alkyl halides is 3. The van der Waals surface area contributed by atoms with Crippen molar-refractivity contribution in [3.63, 3.8) is 0 Å². The molecule has 1 aliphatic heterocycles. The molecule has 2 aromatic rings. The molecule has 1 saturated carbocycles. The molecule has 2 heterocycles. The number of carbonyl (C=O) groups excluding carboxylic acids is 2. The van der Waals surface area contributed by atoms with E-state index in [-0.39, 0.29) is 23.1 Å². The number of amides is 2. The SMILES string of the molecule is CC1(C)Cc2c(sc(NC(=O)c3cccc(C(F)(F)F)c3)c2C(=O)NC2CC2)C(C)(C)N1. The van der Waals surface area contributed by atoms with E-state index < -0.39 is 23.2 Å². The molecular weight excluding hydrogens is 439 g/mol. The highest BCUT2D eigenvalue weighted by Gasteiger charge is 2.42. The second-order valence-corrected chi connectivity index (χ2v) is 10.7. The lowest BCUT2D eigenvalue weighted by atomic mass is 9.81. The van der Waals surface area contributed by atoms with E-state index in [1.807, 2.05) is 13.8 Å². The molecule has 0 spiro atoms. The maximum atomic E-state index is 13.1. The Morgan fingerprint density at radius 3 is 2.44 bits per heavy atom. The van der Waals surface area contributed by atoms with E-state index in [4.69, 9.17) is 0 Å². The molecule has 0 atom stereocenters. The number of anilines is 1. The Balaban J connectivity index is 1.73. The van der Waals surface area contributed by atoms with E-state index in [0.29, 0.717) is 17.0 Å². The summed E-state index contributed by atoms with van der Waals surface area (Å²) in [6.07, 6.45) is -2.12. The van der Waals surface area contributed by atoms with Gasteiger partial charge in [-0.15, -0.1) is 11.3 Å². The van der Waals surface area contributed by atoms with Crippen molar-refractivity contribution in [1.82, 2.24) is 10.6 Å². The Morgan fingerprint density at radius 1 is 1.12 bits per heavy atom. The van der Waals surface area contributed by atoms with Gasteiger partial charge >= 0.3 is 6.18 Å². The fourth-order valence-corrected chi connectivity index (χ4v) is 5.62. The summed E-state index contributed by atoms with van der Waals surface area (Å²) in [6, 6.07) is 4.41. The van der Waals surface area contributed by atoms with Crippen LogP contribution in [0.3, 0.4) is 0 Å². The number of thiophene rings is 1. The molecule has 0 saturated heterocycles. The minimum absolute atomic E-state index is 0.113. The van der Waals surface area contributed by atoms with Crippen LogP contribution in [0.2, 0.25) is 0 Å². The van der Waals surface area contributed by atoms with Gasteiger partial charge in [0.1, 0.15) is 5.00 Å². The molecule has 0 bridgehead atoms. The van der Waals surface area contributed by atoms with E-state index >= 15 is 0 Å². The third kappa shape index (κ3) is 4.54. The highest BCUT2D eigenvalue weighted by atomic mass is 32.1. The molecule has 0 radical (unpaired) electrons. The normalized spacial score (nSPS) is 19.2. The van der Waals surface area contributed by atoms with Gasteiger partial charge in [-0.2, -0.15) is 13.2 Å². The molecule has 172 valence electrons. The van der Waals surface area contributed by atoms with Crippen molar-refractivity contribution in [2.24, 2.45) is 0 Å². The van der Waals surface area contributed by atoms with Crippen LogP contribution in [0, 0.1) is 0 Å². The molecule has 4 rings (SSSR count). The minimum Gasteiger partial charge on any atom is -0.349 e. The third-order valence-corrected chi connectivity index (χ3v) is 7.13. The van der Waals surface area contributed by atoms with Crippen molar-refractivity contribution in [1.29, 1.82) is 0 Å². The molecule has 3 N–H and O–H groups in total. The fourth-order valence-electron chi connectivity index (χ4n) is 4.35. The van der Waals surface area contributed by atoms with Crippen LogP contribution in [0.15, 0.2) is 24.3 Å². The van der Waals surface area contributed by atoms with Crippen LogP contribution in [0.1, 0.15) is 77.3 Å². The Morgan fingerprint density at radius 2 is 1.81 bits per heavy atom. The number of carbonyl (C=O) groups is 2. The zero-order valence-corrected chi connectivity index (χ0v) is 19.2. The van der Waals surface area contributed by atoms with Gasteiger partial charge in [-0.3, -0.25) is 9.59 Å². The number of halogens is 3. The molecule has 1 fully saturated rings. The summed E-state index contributed by atoms with van der Waals surface area (Å²) in [4.78, 5) is 27.0. The molecule has 9 heteroatoms. The number of rotatable bonds is 4. The van der Waals surface area contributed by atoms with Crippen LogP contribution in [-0.2, 0) is 18.1 Å². The van der Waals surface area contributed by atoms with Crippen LogP contribution in [0.4, 0.5) is 18.2 Å². The molecule has 5 nitrogen and oxygen atoms in total. The first kappa shape index (κ1) is 22.8. The van der Waals surface area contributed by atoms with E-state index in [2.05, 4.69) is 29.8 Å². The Labute approximate surface area is 188 Å². The summed E-state index contributed by atoms with van der Waals surface area (Å²) in [7, 11) is 0. The lowest BCUT2D eigenvalue weighted by Crippen LogP contribution is -2.55. The van der Waals surface area contributed by atoms with Crippen molar-refractivity contribution < 1.29 is 22.8 Å². The number of hydrogen-bond donors (Lipinski definition) is 3. The number of nitrogens with one attached hydrogen (secondary N) is 3. The van der Waals surface area contributed by atoms with Gasteiger partial charge < -0.3 is 16.0 Å². The van der Waals surface area contributed by atoms with Crippen molar-refractivity contribution >= 4 is 28.2 Å². The molecule has 0 unspecified atom stereocenters. The van der Waals surface area contributed by atoms with Crippen LogP contribution in [-0.4, -0.2) is 23.4 Å². The quantitative estimate of drug-likeness (QED) is 0.590. The van der Waals surface area contributed by atoms with Gasteiger partial charge in [0.25, 0.3) is 11.8 Å². The van der Waals surface area contributed by atoms with Gasteiger partial charge in [0.05, 0.1) is 11.1 Å². The van der Waals surface area contributed by atoms with E-state index in [9.17, 15) is 22.8 Å². The second-order valence-electron chi connectivity index (χ2n) is 9.70. The predicted octanol–water partition coefficient (Wildman–Crippen LogP) is 5.07. The fraction of sp³-hybridized carbons (Fsp3) is 0.478. The number of hydrogen-bond acceptors (Lipinski definition) is 4. The maximum absolute atomic E-state index is 13.1. The zero-order valence-electron chi connectivity index (χ0n) is 18.4. The molecule has 1 aromatic heterocycles. The van der Waals surface area contributed by atoms with Crippen molar-refractivity contribution in [3.8, 4) is 0 Å². The summed E-state index contributed by atoms with van der Waals surface area (Å²) in [5, 5.41) is 9.65.